The van der Waals surface area contributed by atoms with E-state index in [0.717, 1.165) is 50.2 Å². The molecule has 5 nitrogen and oxygen atoms in total. The molecule has 154 valence electrons. The van der Waals surface area contributed by atoms with Crippen LogP contribution in [-0.2, 0) is 16.0 Å². The zero-order valence-corrected chi connectivity index (χ0v) is 17.7. The summed E-state index contributed by atoms with van der Waals surface area (Å²) in [7, 11) is 0. The van der Waals surface area contributed by atoms with Crippen molar-refractivity contribution in [2.75, 3.05) is 26.2 Å². The number of aromatic nitrogens is 1. The molecule has 2 aromatic rings. The van der Waals surface area contributed by atoms with Crippen LogP contribution in [0.25, 0.3) is 0 Å². The van der Waals surface area contributed by atoms with Gasteiger partial charge in [-0.15, -0.1) is 11.3 Å². The minimum atomic E-state index is 0.0585. The monoisotopic (exact) mass is 411 g/mol. The Morgan fingerprint density at radius 2 is 1.83 bits per heavy atom. The van der Waals surface area contributed by atoms with Crippen molar-refractivity contribution in [1.29, 1.82) is 0 Å². The van der Waals surface area contributed by atoms with Gasteiger partial charge in [0, 0.05) is 56.0 Å². The van der Waals surface area contributed by atoms with E-state index in [9.17, 15) is 9.59 Å². The highest BCUT2D eigenvalue weighted by Crippen LogP contribution is 2.30. The lowest BCUT2D eigenvalue weighted by atomic mass is 9.92. The summed E-state index contributed by atoms with van der Waals surface area (Å²) in [6.45, 7) is 3.06. The fourth-order valence-electron chi connectivity index (χ4n) is 4.50. The Balaban J connectivity index is 1.24. The maximum absolute atomic E-state index is 13.1. The fraction of sp³-hybridized carbons (Fsp3) is 0.522. The first-order valence-corrected chi connectivity index (χ1v) is 11.6. The van der Waals surface area contributed by atoms with E-state index in [-0.39, 0.29) is 17.7 Å². The van der Waals surface area contributed by atoms with Crippen LogP contribution >= 0.6 is 11.3 Å². The number of hydrogen-bond acceptors (Lipinski definition) is 4. The van der Waals surface area contributed by atoms with Crippen molar-refractivity contribution in [2.24, 2.45) is 5.92 Å². The number of amides is 2. The molecular formula is C23H29N3O2S. The topological polar surface area (TPSA) is 53.5 Å². The van der Waals surface area contributed by atoms with E-state index in [0.29, 0.717) is 25.4 Å². The van der Waals surface area contributed by atoms with Crippen molar-refractivity contribution in [3.63, 3.8) is 0 Å². The largest absolute Gasteiger partial charge is 0.343 e. The fourth-order valence-corrected chi connectivity index (χ4v) is 5.27. The van der Waals surface area contributed by atoms with Crippen LogP contribution in [0.1, 0.15) is 48.6 Å². The highest BCUT2D eigenvalue weighted by molar-refractivity contribution is 7.09. The molecule has 1 unspecified atom stereocenters. The van der Waals surface area contributed by atoms with Gasteiger partial charge >= 0.3 is 0 Å². The van der Waals surface area contributed by atoms with Gasteiger partial charge in [0.2, 0.25) is 11.8 Å². The molecule has 0 N–H and O–H groups in total. The second-order valence-electron chi connectivity index (χ2n) is 8.13. The van der Waals surface area contributed by atoms with Gasteiger partial charge in [0.25, 0.3) is 0 Å². The molecule has 0 spiro atoms. The number of aryl methyl sites for hydroxylation is 1. The Kier molecular flexibility index (Phi) is 6.60. The summed E-state index contributed by atoms with van der Waals surface area (Å²) in [5.74, 6) is 0.930. The highest BCUT2D eigenvalue weighted by atomic mass is 32.1. The van der Waals surface area contributed by atoms with Crippen molar-refractivity contribution in [1.82, 2.24) is 14.8 Å². The Labute approximate surface area is 176 Å². The van der Waals surface area contributed by atoms with Gasteiger partial charge in [-0.2, -0.15) is 0 Å². The van der Waals surface area contributed by atoms with Crippen molar-refractivity contribution < 1.29 is 9.59 Å². The molecule has 1 atom stereocenters. The van der Waals surface area contributed by atoms with Crippen molar-refractivity contribution >= 4 is 23.2 Å². The first-order chi connectivity index (χ1) is 14.2. The predicted molar refractivity (Wildman–Crippen MR) is 115 cm³/mol. The summed E-state index contributed by atoms with van der Waals surface area (Å²) >= 11 is 1.69. The molecule has 3 heterocycles. The van der Waals surface area contributed by atoms with Crippen LogP contribution in [0.5, 0.6) is 0 Å². The van der Waals surface area contributed by atoms with E-state index >= 15 is 0 Å². The van der Waals surface area contributed by atoms with Crippen molar-refractivity contribution in [2.45, 2.75) is 44.4 Å². The van der Waals surface area contributed by atoms with E-state index in [1.54, 1.807) is 11.3 Å². The van der Waals surface area contributed by atoms with Crippen molar-refractivity contribution in [3.8, 4) is 0 Å². The van der Waals surface area contributed by atoms with Gasteiger partial charge in [-0.05, 0) is 37.7 Å². The van der Waals surface area contributed by atoms with Crippen LogP contribution in [0, 0.1) is 5.92 Å². The average Bonchev–Trinajstić information content (AvgIpc) is 3.33. The molecule has 1 aromatic heterocycles. The molecule has 1 aromatic carbocycles. The number of nitrogens with zero attached hydrogens (tertiary/aromatic N) is 3. The number of piperidine rings is 2. The Hall–Kier alpha value is -2.21. The van der Waals surface area contributed by atoms with E-state index in [1.807, 2.05) is 39.6 Å². The van der Waals surface area contributed by atoms with Crippen LogP contribution in [0.2, 0.25) is 0 Å². The first-order valence-electron chi connectivity index (χ1n) is 10.7. The molecule has 0 bridgehead atoms. The molecule has 0 radical (unpaired) electrons. The lowest BCUT2D eigenvalue weighted by molar-refractivity contribution is -0.141. The zero-order valence-electron chi connectivity index (χ0n) is 16.8. The molecule has 2 fully saturated rings. The third kappa shape index (κ3) is 5.04. The van der Waals surface area contributed by atoms with Gasteiger partial charge in [-0.3, -0.25) is 9.59 Å². The van der Waals surface area contributed by atoms with Gasteiger partial charge in [-0.25, -0.2) is 4.98 Å². The van der Waals surface area contributed by atoms with Crippen molar-refractivity contribution in [3.05, 3.63) is 52.5 Å². The SMILES string of the molecule is O=C(CCc1ccccc1)N1CCC(C(=O)N2CCCC(c3nccs3)C2)CC1. The predicted octanol–water partition coefficient (Wildman–Crippen LogP) is 3.72. The normalized spacial score (nSPS) is 20.6. The molecule has 2 aliphatic rings. The molecule has 0 aliphatic carbocycles. The maximum Gasteiger partial charge on any atom is 0.225 e. The summed E-state index contributed by atoms with van der Waals surface area (Å²) in [4.78, 5) is 34.1. The average molecular weight is 412 g/mol. The molecular weight excluding hydrogens is 382 g/mol. The lowest BCUT2D eigenvalue weighted by Crippen LogP contribution is -2.47. The van der Waals surface area contributed by atoms with E-state index < -0.39 is 0 Å². The summed E-state index contributed by atoms with van der Waals surface area (Å²) in [6, 6.07) is 10.1. The minimum absolute atomic E-state index is 0.0585. The molecule has 6 heteroatoms. The van der Waals surface area contributed by atoms with E-state index in [2.05, 4.69) is 17.1 Å². The van der Waals surface area contributed by atoms with Gasteiger partial charge < -0.3 is 9.80 Å². The van der Waals surface area contributed by atoms with Gasteiger partial charge in [0.05, 0.1) is 5.01 Å². The summed E-state index contributed by atoms with van der Waals surface area (Å²) < 4.78 is 0. The molecule has 2 saturated heterocycles. The van der Waals surface area contributed by atoms with Crippen LogP contribution < -0.4 is 0 Å². The maximum atomic E-state index is 13.1. The quantitative estimate of drug-likeness (QED) is 0.753. The Morgan fingerprint density at radius 1 is 1.03 bits per heavy atom. The smallest absolute Gasteiger partial charge is 0.225 e. The van der Waals surface area contributed by atoms with Gasteiger partial charge in [0.15, 0.2) is 0 Å². The standard InChI is InChI=1S/C23H29N3O2S/c27-21(9-8-18-5-2-1-3-6-18)25-14-10-19(11-15-25)23(28)26-13-4-7-20(17-26)22-24-12-16-29-22/h1-3,5-6,12,16,19-20H,4,7-11,13-15,17H2. The summed E-state index contributed by atoms with van der Waals surface area (Å²) in [5.41, 5.74) is 1.20. The molecule has 4 rings (SSSR count). The lowest BCUT2D eigenvalue weighted by Gasteiger charge is -2.37. The Bertz CT molecular complexity index is 801. The van der Waals surface area contributed by atoms with Crippen LogP contribution in [0.3, 0.4) is 0 Å². The number of likely N-dealkylation sites (tertiary alicyclic amines) is 2. The summed E-state index contributed by atoms with van der Waals surface area (Å²) in [6.07, 6.45) is 6.92. The molecule has 2 aliphatic heterocycles. The second kappa shape index (κ2) is 9.53. The number of benzene rings is 1. The van der Waals surface area contributed by atoms with E-state index in [4.69, 9.17) is 0 Å². The van der Waals surface area contributed by atoms with Gasteiger partial charge in [0.1, 0.15) is 0 Å². The van der Waals surface area contributed by atoms with Crippen LogP contribution in [-0.4, -0.2) is 52.8 Å². The van der Waals surface area contributed by atoms with Gasteiger partial charge in [-0.1, -0.05) is 30.3 Å². The number of carbonyl (C=O) groups is 2. The number of hydrogen-bond donors (Lipinski definition) is 0. The summed E-state index contributed by atoms with van der Waals surface area (Å²) in [5, 5.41) is 3.17. The second-order valence-corrected chi connectivity index (χ2v) is 9.06. The zero-order chi connectivity index (χ0) is 20.1. The highest BCUT2D eigenvalue weighted by Gasteiger charge is 2.33. The minimum Gasteiger partial charge on any atom is -0.343 e. The third-order valence-electron chi connectivity index (χ3n) is 6.20. The molecule has 0 saturated carbocycles. The molecule has 29 heavy (non-hydrogen) atoms. The van der Waals surface area contributed by atoms with E-state index in [1.165, 1.54) is 5.56 Å². The first kappa shape index (κ1) is 20.1. The van der Waals surface area contributed by atoms with Crippen LogP contribution in [0.15, 0.2) is 41.9 Å². The Morgan fingerprint density at radius 3 is 2.55 bits per heavy atom. The molecule has 2 amide bonds. The number of thiazole rings is 1. The third-order valence-corrected chi connectivity index (χ3v) is 7.14. The number of rotatable bonds is 5. The number of carbonyl (C=O) groups excluding carboxylic acids is 2. The van der Waals surface area contributed by atoms with Crippen LogP contribution in [0.4, 0.5) is 0 Å².